The van der Waals surface area contributed by atoms with Crippen LogP contribution in [-0.2, 0) is 22.6 Å². The number of amides is 1. The van der Waals surface area contributed by atoms with E-state index in [-0.39, 0.29) is 24.0 Å². The molecule has 4 nitrogen and oxygen atoms in total. The highest BCUT2D eigenvalue weighted by atomic mass is 16.5. The molecule has 1 saturated heterocycles. The minimum absolute atomic E-state index is 0.137. The maximum absolute atomic E-state index is 12.4. The van der Waals surface area contributed by atoms with Gasteiger partial charge in [0, 0.05) is 32.1 Å². The number of hydrogen-bond acceptors (Lipinski definition) is 3. The Morgan fingerprint density at radius 3 is 2.56 bits per heavy atom. The van der Waals surface area contributed by atoms with Crippen LogP contribution in [0.1, 0.15) is 44.2 Å². The Labute approximate surface area is 151 Å². The topological polar surface area (TPSA) is 41.6 Å². The van der Waals surface area contributed by atoms with Gasteiger partial charge in [0.25, 0.3) is 0 Å². The second kappa shape index (κ2) is 8.63. The van der Waals surface area contributed by atoms with Crippen molar-refractivity contribution in [2.45, 2.75) is 58.4 Å². The van der Waals surface area contributed by atoms with Gasteiger partial charge in [-0.3, -0.25) is 9.69 Å². The molecule has 3 atom stereocenters. The summed E-state index contributed by atoms with van der Waals surface area (Å²) >= 11 is 0. The molecule has 0 aromatic heterocycles. The van der Waals surface area contributed by atoms with E-state index >= 15 is 0 Å². The van der Waals surface area contributed by atoms with Crippen molar-refractivity contribution in [1.82, 2.24) is 10.2 Å². The molecule has 1 aromatic rings. The number of carbonyl (C=O) groups excluding carboxylic acids is 1. The Morgan fingerprint density at radius 1 is 1.16 bits per heavy atom. The molecule has 0 saturated carbocycles. The Balaban J connectivity index is 1.58. The van der Waals surface area contributed by atoms with Crippen LogP contribution in [0.4, 0.5) is 0 Å². The van der Waals surface area contributed by atoms with E-state index < -0.39 is 0 Å². The van der Waals surface area contributed by atoms with E-state index in [4.69, 9.17) is 4.74 Å². The molecule has 1 aliphatic carbocycles. The first-order valence-corrected chi connectivity index (χ1v) is 9.49. The average Bonchev–Trinajstić information content (AvgIpc) is 2.60. The molecule has 1 aliphatic heterocycles. The van der Waals surface area contributed by atoms with E-state index in [1.165, 1.54) is 11.1 Å². The zero-order valence-electron chi connectivity index (χ0n) is 15.4. The smallest absolute Gasteiger partial charge is 0.223 e. The van der Waals surface area contributed by atoms with E-state index in [0.717, 1.165) is 38.9 Å². The summed E-state index contributed by atoms with van der Waals surface area (Å²) in [7, 11) is 0. The van der Waals surface area contributed by atoms with Crippen molar-refractivity contribution < 1.29 is 9.53 Å². The van der Waals surface area contributed by atoms with Gasteiger partial charge in [-0.15, -0.1) is 0 Å². The van der Waals surface area contributed by atoms with Crippen LogP contribution >= 0.6 is 0 Å². The van der Waals surface area contributed by atoms with Gasteiger partial charge < -0.3 is 10.1 Å². The quantitative estimate of drug-likeness (QED) is 0.835. The third-order valence-corrected chi connectivity index (χ3v) is 5.10. The normalized spacial score (nSPS) is 27.2. The van der Waals surface area contributed by atoms with Crippen molar-refractivity contribution in [3.05, 3.63) is 47.5 Å². The Hall–Kier alpha value is -1.65. The van der Waals surface area contributed by atoms with Gasteiger partial charge in [0.05, 0.1) is 12.2 Å². The van der Waals surface area contributed by atoms with Crippen molar-refractivity contribution in [2.24, 2.45) is 5.92 Å². The van der Waals surface area contributed by atoms with E-state index in [2.05, 4.69) is 60.5 Å². The number of morpholine rings is 1. The minimum atomic E-state index is 0.137. The fourth-order valence-corrected chi connectivity index (χ4v) is 3.90. The van der Waals surface area contributed by atoms with Crippen molar-refractivity contribution >= 4 is 5.91 Å². The van der Waals surface area contributed by atoms with Crippen LogP contribution in [-0.4, -0.2) is 36.1 Å². The molecule has 1 amide bonds. The summed E-state index contributed by atoms with van der Waals surface area (Å²) in [5, 5.41) is 3.15. The van der Waals surface area contributed by atoms with Crippen LogP contribution < -0.4 is 5.32 Å². The van der Waals surface area contributed by atoms with Crippen LogP contribution in [0.2, 0.25) is 0 Å². The summed E-state index contributed by atoms with van der Waals surface area (Å²) in [6.45, 7) is 7.71. The molecule has 1 N–H and O–H groups in total. The van der Waals surface area contributed by atoms with E-state index in [1.54, 1.807) is 0 Å². The van der Waals surface area contributed by atoms with Crippen LogP contribution in [0.15, 0.2) is 36.4 Å². The summed E-state index contributed by atoms with van der Waals surface area (Å²) in [6, 6.07) is 8.44. The molecule has 25 heavy (non-hydrogen) atoms. The highest BCUT2D eigenvalue weighted by Gasteiger charge is 2.23. The molecule has 136 valence electrons. The maximum Gasteiger partial charge on any atom is 0.223 e. The number of ether oxygens (including phenoxy) is 1. The predicted octanol–water partition coefficient (Wildman–Crippen LogP) is 3.27. The summed E-state index contributed by atoms with van der Waals surface area (Å²) in [5.41, 5.74) is 2.52. The number of nitrogens with one attached hydrogen (secondary N) is 1. The first-order valence-electron chi connectivity index (χ1n) is 9.49. The summed E-state index contributed by atoms with van der Waals surface area (Å²) in [6.07, 6.45) is 7.70. The molecule has 1 aromatic carbocycles. The second-order valence-electron chi connectivity index (χ2n) is 7.42. The van der Waals surface area contributed by atoms with Gasteiger partial charge in [-0.05, 0) is 44.2 Å². The van der Waals surface area contributed by atoms with Gasteiger partial charge in [0.15, 0.2) is 0 Å². The minimum Gasteiger partial charge on any atom is -0.373 e. The highest BCUT2D eigenvalue weighted by Crippen LogP contribution is 2.19. The lowest BCUT2D eigenvalue weighted by molar-refractivity contribution is -0.125. The number of rotatable bonds is 5. The zero-order chi connectivity index (χ0) is 17.6. The average molecular weight is 342 g/mol. The lowest BCUT2D eigenvalue weighted by Crippen LogP contribution is -2.45. The monoisotopic (exact) mass is 342 g/mol. The number of carbonyl (C=O) groups is 1. The van der Waals surface area contributed by atoms with E-state index in [0.29, 0.717) is 6.54 Å². The molecule has 0 unspecified atom stereocenters. The first-order chi connectivity index (χ1) is 12.1. The molecule has 1 heterocycles. The first kappa shape index (κ1) is 18.2. The molecule has 4 heteroatoms. The Bertz CT molecular complexity index is 604. The molecular weight excluding hydrogens is 312 g/mol. The largest absolute Gasteiger partial charge is 0.373 e. The Kier molecular flexibility index (Phi) is 6.27. The number of hydrogen-bond donors (Lipinski definition) is 1. The van der Waals surface area contributed by atoms with Gasteiger partial charge in [-0.2, -0.15) is 0 Å². The molecule has 2 aliphatic rings. The Morgan fingerprint density at radius 2 is 1.88 bits per heavy atom. The third kappa shape index (κ3) is 5.16. The second-order valence-corrected chi connectivity index (χ2v) is 7.42. The van der Waals surface area contributed by atoms with Gasteiger partial charge in [0.1, 0.15) is 0 Å². The lowest BCUT2D eigenvalue weighted by Gasteiger charge is -2.35. The molecular formula is C21H30N2O2. The van der Waals surface area contributed by atoms with Crippen molar-refractivity contribution in [2.75, 3.05) is 13.1 Å². The highest BCUT2D eigenvalue weighted by molar-refractivity contribution is 5.79. The maximum atomic E-state index is 12.4. The third-order valence-electron chi connectivity index (χ3n) is 5.10. The van der Waals surface area contributed by atoms with Crippen molar-refractivity contribution in [3.8, 4) is 0 Å². The van der Waals surface area contributed by atoms with Gasteiger partial charge >= 0.3 is 0 Å². The van der Waals surface area contributed by atoms with Gasteiger partial charge in [-0.25, -0.2) is 0 Å². The van der Waals surface area contributed by atoms with E-state index in [9.17, 15) is 4.79 Å². The number of benzene rings is 1. The summed E-state index contributed by atoms with van der Waals surface area (Å²) < 4.78 is 5.83. The molecule has 0 spiro atoms. The molecule has 1 fully saturated rings. The fourth-order valence-electron chi connectivity index (χ4n) is 3.90. The van der Waals surface area contributed by atoms with Crippen LogP contribution in [0.5, 0.6) is 0 Å². The fraction of sp³-hybridized carbons (Fsp3) is 0.571. The molecule has 0 bridgehead atoms. The molecule has 3 rings (SSSR count). The van der Waals surface area contributed by atoms with Gasteiger partial charge in [-0.1, -0.05) is 36.4 Å². The van der Waals surface area contributed by atoms with Crippen LogP contribution in [0.3, 0.4) is 0 Å². The van der Waals surface area contributed by atoms with Crippen LogP contribution in [0.25, 0.3) is 0 Å². The van der Waals surface area contributed by atoms with Gasteiger partial charge in [0.2, 0.25) is 5.91 Å². The SMILES string of the molecule is C[C@@H]1CN(Cc2ccccc2CNC(=O)[C@@H]2CC=CCC2)C[C@H](C)O1. The number of allylic oxidation sites excluding steroid dienone is 2. The zero-order valence-corrected chi connectivity index (χ0v) is 15.4. The lowest BCUT2D eigenvalue weighted by atomic mass is 9.93. The predicted molar refractivity (Wildman–Crippen MR) is 100 cm³/mol. The number of nitrogens with zero attached hydrogens (tertiary/aromatic N) is 1. The van der Waals surface area contributed by atoms with Crippen molar-refractivity contribution in [1.29, 1.82) is 0 Å². The molecule has 0 radical (unpaired) electrons. The van der Waals surface area contributed by atoms with E-state index in [1.807, 2.05) is 0 Å². The summed E-state index contributed by atoms with van der Waals surface area (Å²) in [4.78, 5) is 14.8. The van der Waals surface area contributed by atoms with Crippen molar-refractivity contribution in [3.63, 3.8) is 0 Å². The van der Waals surface area contributed by atoms with Crippen LogP contribution in [0, 0.1) is 5.92 Å². The standard InChI is InChI=1S/C21H30N2O2/c1-16-13-23(14-17(2)25-16)15-20-11-7-6-10-19(20)12-22-21(24)18-8-4-3-5-9-18/h3-4,6-7,10-11,16-18H,5,8-9,12-15H2,1-2H3,(H,22,24)/t16-,17+,18-/m1/s1. The summed E-state index contributed by atoms with van der Waals surface area (Å²) in [5.74, 6) is 0.325.